The van der Waals surface area contributed by atoms with Gasteiger partial charge in [-0.3, -0.25) is 25.2 Å². The van der Waals surface area contributed by atoms with E-state index < -0.39 is 30.3 Å². The van der Waals surface area contributed by atoms with Gasteiger partial charge in [-0.05, 0) is 30.8 Å². The van der Waals surface area contributed by atoms with Crippen LogP contribution >= 0.6 is 0 Å². The lowest BCUT2D eigenvalue weighted by Gasteiger charge is -2.34. The summed E-state index contributed by atoms with van der Waals surface area (Å²) in [7, 11) is 2.05. The van der Waals surface area contributed by atoms with E-state index >= 15 is 0 Å². The minimum atomic E-state index is -1.04. The highest BCUT2D eigenvalue weighted by Crippen LogP contribution is 2.28. The largest absolute Gasteiger partial charge is 0.336 e. The lowest BCUT2D eigenvalue weighted by Crippen LogP contribution is -2.64. The number of carbonyl (C=O) groups excluding carboxylic acids is 2. The van der Waals surface area contributed by atoms with E-state index in [1.54, 1.807) is 30.6 Å². The number of likely N-dealkylation sites (N-methyl/N-ethyl adjacent to an activating group) is 1. The van der Waals surface area contributed by atoms with E-state index in [0.717, 1.165) is 24.2 Å². The highest BCUT2D eigenvalue weighted by atomic mass is 19.1. The number of nitrogens with two attached hydrogens (primary N) is 2. The summed E-state index contributed by atoms with van der Waals surface area (Å²) in [5.74, 6) is -1.23. The number of rotatable bonds is 6. The van der Waals surface area contributed by atoms with E-state index in [-0.39, 0.29) is 19.0 Å². The monoisotopic (exact) mass is 484 g/mol. The molecule has 4 rings (SSSR count). The molecule has 2 aliphatic heterocycles. The van der Waals surface area contributed by atoms with Crippen LogP contribution in [0.25, 0.3) is 11.1 Å². The lowest BCUT2D eigenvalue weighted by atomic mass is 9.98. The van der Waals surface area contributed by atoms with E-state index in [9.17, 15) is 14.0 Å². The van der Waals surface area contributed by atoms with Crippen molar-refractivity contribution >= 4 is 17.5 Å². The third-order valence-corrected chi connectivity index (χ3v) is 6.51. The molecule has 2 amide bonds. The molecule has 2 fully saturated rings. The van der Waals surface area contributed by atoms with E-state index in [1.165, 1.54) is 0 Å². The highest BCUT2D eigenvalue weighted by Gasteiger charge is 2.35. The maximum Gasteiger partial charge on any atom is 0.253 e. The summed E-state index contributed by atoms with van der Waals surface area (Å²) in [5, 5.41) is 8.77. The number of halogens is 1. The second kappa shape index (κ2) is 11.2. The molecule has 1 unspecified atom stereocenters. The molecular weight excluding hydrogens is 451 g/mol. The summed E-state index contributed by atoms with van der Waals surface area (Å²) in [6.45, 7) is 3.36. The second-order valence-electron chi connectivity index (χ2n) is 9.08. The fraction of sp³-hybridized carbons (Fsp3) is 0.458. The van der Waals surface area contributed by atoms with Crippen LogP contribution in [0, 0.1) is 5.92 Å². The van der Waals surface area contributed by atoms with Gasteiger partial charge >= 0.3 is 0 Å². The van der Waals surface area contributed by atoms with Crippen molar-refractivity contribution in [3.05, 3.63) is 48.3 Å². The summed E-state index contributed by atoms with van der Waals surface area (Å²) in [6, 6.07) is 9.08. The van der Waals surface area contributed by atoms with Gasteiger partial charge in [0.2, 0.25) is 5.91 Å². The fourth-order valence-corrected chi connectivity index (χ4v) is 4.40. The Bertz CT molecular complexity index is 1020. The van der Waals surface area contributed by atoms with Crippen LogP contribution in [0.15, 0.2) is 42.7 Å². The number of alkyl halides is 1. The molecule has 0 aliphatic carbocycles. The van der Waals surface area contributed by atoms with Crippen LogP contribution in [0.1, 0.15) is 10.4 Å². The topological polar surface area (TPSA) is 142 Å². The predicted molar refractivity (Wildman–Crippen MR) is 132 cm³/mol. The number of hydrogen-bond acceptors (Lipinski definition) is 8. The van der Waals surface area contributed by atoms with Crippen molar-refractivity contribution < 1.29 is 14.0 Å². The molecule has 11 heteroatoms. The summed E-state index contributed by atoms with van der Waals surface area (Å²) < 4.78 is 13.5. The summed E-state index contributed by atoms with van der Waals surface area (Å²) in [4.78, 5) is 34.2. The zero-order chi connectivity index (χ0) is 24.9. The summed E-state index contributed by atoms with van der Waals surface area (Å²) in [6.07, 6.45) is 0.624. The SMILES string of the molecule is CN1CCN(C(=O)c2ccc(-c3ccncc3NC(=O)C(C(N)N)C3NCC(F)CN3)cc2)CC1. The molecule has 1 aromatic heterocycles. The lowest BCUT2D eigenvalue weighted by molar-refractivity contribution is -0.122. The van der Waals surface area contributed by atoms with Gasteiger partial charge in [-0.1, -0.05) is 12.1 Å². The van der Waals surface area contributed by atoms with Gasteiger partial charge in [0.1, 0.15) is 6.17 Å². The number of piperazine rings is 1. The Morgan fingerprint density at radius 2 is 1.74 bits per heavy atom. The molecule has 188 valence electrons. The van der Waals surface area contributed by atoms with Crippen LogP contribution in [0.5, 0.6) is 0 Å². The number of carbonyl (C=O) groups is 2. The van der Waals surface area contributed by atoms with Crippen LogP contribution in [-0.4, -0.2) is 91.4 Å². The van der Waals surface area contributed by atoms with Crippen molar-refractivity contribution in [3.8, 4) is 11.1 Å². The van der Waals surface area contributed by atoms with Gasteiger partial charge in [0, 0.05) is 56.6 Å². The molecule has 0 bridgehead atoms. The van der Waals surface area contributed by atoms with Crippen molar-refractivity contribution in [2.45, 2.75) is 18.5 Å². The summed E-state index contributed by atoms with van der Waals surface area (Å²) in [5.41, 5.74) is 14.5. The number of anilines is 1. The third-order valence-electron chi connectivity index (χ3n) is 6.51. The number of amides is 2. The average Bonchev–Trinajstić information content (AvgIpc) is 2.86. The first-order valence-corrected chi connectivity index (χ1v) is 11.8. The maximum absolute atomic E-state index is 13.5. The number of hydrogen-bond donors (Lipinski definition) is 5. The van der Waals surface area contributed by atoms with Crippen molar-refractivity contribution in [1.82, 2.24) is 25.4 Å². The Morgan fingerprint density at radius 1 is 1.09 bits per heavy atom. The second-order valence-corrected chi connectivity index (χ2v) is 9.08. The van der Waals surface area contributed by atoms with Gasteiger partial charge in [-0.15, -0.1) is 0 Å². The molecule has 7 N–H and O–H groups in total. The Labute approximate surface area is 204 Å². The van der Waals surface area contributed by atoms with Gasteiger partial charge in [0.15, 0.2) is 0 Å². The predicted octanol–water partition coefficient (Wildman–Crippen LogP) is -0.209. The molecule has 1 aromatic carbocycles. The molecule has 3 heterocycles. The molecule has 2 saturated heterocycles. The molecule has 2 aliphatic rings. The zero-order valence-electron chi connectivity index (χ0n) is 19.8. The van der Waals surface area contributed by atoms with Crippen LogP contribution < -0.4 is 27.4 Å². The minimum Gasteiger partial charge on any atom is -0.336 e. The van der Waals surface area contributed by atoms with Crippen molar-refractivity contribution in [2.24, 2.45) is 17.4 Å². The van der Waals surface area contributed by atoms with Crippen LogP contribution in [0.4, 0.5) is 10.1 Å². The van der Waals surface area contributed by atoms with Crippen LogP contribution in [0.3, 0.4) is 0 Å². The van der Waals surface area contributed by atoms with E-state index in [0.29, 0.717) is 24.3 Å². The fourth-order valence-electron chi connectivity index (χ4n) is 4.40. The first-order chi connectivity index (χ1) is 16.8. The minimum absolute atomic E-state index is 0.00989. The Kier molecular flexibility index (Phi) is 8.04. The quantitative estimate of drug-likeness (QED) is 0.355. The van der Waals surface area contributed by atoms with Gasteiger partial charge in [0.05, 0.1) is 30.1 Å². The third kappa shape index (κ3) is 6.00. The first kappa shape index (κ1) is 25.1. The van der Waals surface area contributed by atoms with Gasteiger partial charge in [-0.25, -0.2) is 4.39 Å². The Balaban J connectivity index is 1.48. The van der Waals surface area contributed by atoms with Crippen molar-refractivity contribution in [3.63, 3.8) is 0 Å². The molecule has 2 aromatic rings. The standard InChI is InChI=1S/C24H33FN8O2/c1-32-8-10-33(11-9-32)24(35)16-4-2-15(3-5-16)18-6-7-28-14-19(18)31-23(34)20(21(26)27)22-29-12-17(25)13-30-22/h2-7,14,17,20-22,29-30H,8-13,26-27H2,1H3,(H,31,34). The Morgan fingerprint density at radius 3 is 2.37 bits per heavy atom. The average molecular weight is 485 g/mol. The van der Waals surface area contributed by atoms with Crippen molar-refractivity contribution in [2.75, 3.05) is 51.6 Å². The van der Waals surface area contributed by atoms with Gasteiger partial charge < -0.3 is 26.6 Å². The smallest absolute Gasteiger partial charge is 0.253 e. The number of pyridine rings is 1. The molecular formula is C24H33FN8O2. The van der Waals surface area contributed by atoms with Crippen LogP contribution in [0.2, 0.25) is 0 Å². The molecule has 10 nitrogen and oxygen atoms in total. The van der Waals surface area contributed by atoms with Gasteiger partial charge in [-0.2, -0.15) is 0 Å². The molecule has 1 atom stereocenters. The zero-order valence-corrected chi connectivity index (χ0v) is 19.8. The molecule has 0 spiro atoms. The first-order valence-electron chi connectivity index (χ1n) is 11.8. The maximum atomic E-state index is 13.5. The number of nitrogens with zero attached hydrogens (tertiary/aromatic N) is 3. The Hall–Kier alpha value is -2.96. The number of benzene rings is 1. The van der Waals surface area contributed by atoms with Gasteiger partial charge in [0.25, 0.3) is 5.91 Å². The highest BCUT2D eigenvalue weighted by molar-refractivity contribution is 5.98. The summed E-state index contributed by atoms with van der Waals surface area (Å²) >= 11 is 0. The van der Waals surface area contributed by atoms with E-state index in [2.05, 4.69) is 25.8 Å². The van der Waals surface area contributed by atoms with E-state index in [4.69, 9.17) is 11.5 Å². The van der Waals surface area contributed by atoms with Crippen molar-refractivity contribution in [1.29, 1.82) is 0 Å². The number of nitrogens with one attached hydrogen (secondary N) is 3. The molecule has 35 heavy (non-hydrogen) atoms. The normalized spacial score (nSPS) is 22.1. The molecule has 0 radical (unpaired) electrons. The van der Waals surface area contributed by atoms with Crippen LogP contribution in [-0.2, 0) is 4.79 Å². The molecule has 0 saturated carbocycles. The van der Waals surface area contributed by atoms with E-state index in [1.807, 2.05) is 24.1 Å². The number of aromatic nitrogens is 1.